The highest BCUT2D eigenvalue weighted by molar-refractivity contribution is 5.75. The molecule has 0 radical (unpaired) electrons. The van der Waals surface area contributed by atoms with Crippen LogP contribution in [0.15, 0.2) is 42.5 Å². The molecule has 146 valence electrons. The lowest BCUT2D eigenvalue weighted by atomic mass is 10.1. The van der Waals surface area contributed by atoms with Crippen LogP contribution < -0.4 is 19.5 Å². The summed E-state index contributed by atoms with van der Waals surface area (Å²) in [5.74, 6) is -0.504. The van der Waals surface area contributed by atoms with Crippen LogP contribution in [0, 0.1) is 0 Å². The third-order valence-electron chi connectivity index (χ3n) is 3.76. The average Bonchev–Trinajstić information content (AvgIpc) is 2.66. The molecule has 2 N–H and O–H groups in total. The van der Waals surface area contributed by atoms with Gasteiger partial charge in [-0.1, -0.05) is 30.3 Å². The number of carboxylic acid groups (broad SMARTS) is 1. The lowest BCUT2D eigenvalue weighted by Gasteiger charge is -2.18. The predicted molar refractivity (Wildman–Crippen MR) is 94.7 cm³/mol. The molecule has 6 nitrogen and oxygen atoms in total. The van der Waals surface area contributed by atoms with E-state index in [1.54, 1.807) is 42.5 Å². The Morgan fingerprint density at radius 2 is 1.70 bits per heavy atom. The van der Waals surface area contributed by atoms with Gasteiger partial charge in [0.15, 0.2) is 11.5 Å². The van der Waals surface area contributed by atoms with Gasteiger partial charge < -0.3 is 19.3 Å². The summed E-state index contributed by atoms with van der Waals surface area (Å²) in [4.78, 5) is 11.6. The van der Waals surface area contributed by atoms with Crippen molar-refractivity contribution in [3.05, 3.63) is 53.6 Å². The fraction of sp³-hybridized carbons (Fsp3) is 0.316. The van der Waals surface area contributed by atoms with Crippen molar-refractivity contribution < 1.29 is 32.9 Å². The summed E-state index contributed by atoms with van der Waals surface area (Å²) >= 11 is 0. The predicted octanol–water partition coefficient (Wildman–Crippen LogP) is 3.26. The number of carboxylic acids is 1. The first kappa shape index (κ1) is 20.4. The Kier molecular flexibility index (Phi) is 7.36. The lowest BCUT2D eigenvalue weighted by Crippen LogP contribution is -2.28. The Morgan fingerprint density at radius 3 is 2.19 bits per heavy atom. The monoisotopic (exact) mass is 381 g/mol. The van der Waals surface area contributed by atoms with Crippen LogP contribution in [0.2, 0.25) is 0 Å². The molecule has 2 aromatic rings. The Bertz CT molecular complexity index is 730. The first-order valence-electron chi connectivity index (χ1n) is 8.13. The molecule has 0 spiro atoms. The number of hydrogen-bond donors (Lipinski definition) is 2. The molecule has 1 atom stereocenters. The molecule has 0 aliphatic rings. The van der Waals surface area contributed by atoms with E-state index in [1.807, 2.05) is 0 Å². The molecule has 8 heteroatoms. The van der Waals surface area contributed by atoms with Gasteiger partial charge in [0, 0.05) is 6.54 Å². The van der Waals surface area contributed by atoms with E-state index in [-0.39, 0.29) is 23.8 Å². The quantitative estimate of drug-likeness (QED) is 0.658. The van der Waals surface area contributed by atoms with E-state index in [0.29, 0.717) is 11.1 Å². The lowest BCUT2D eigenvalue weighted by molar-refractivity contribution is -0.139. The summed E-state index contributed by atoms with van der Waals surface area (Å²) in [6, 6.07) is 11.0. The van der Waals surface area contributed by atoms with E-state index in [9.17, 15) is 18.7 Å². The molecule has 0 saturated heterocycles. The second-order valence-corrected chi connectivity index (χ2v) is 5.59. The van der Waals surface area contributed by atoms with Gasteiger partial charge in [0.1, 0.15) is 12.6 Å². The second kappa shape index (κ2) is 9.72. The number of rotatable bonds is 10. The number of aliphatic carboxylic acids is 1. The largest absolute Gasteiger partial charge is 0.493 e. The van der Waals surface area contributed by atoms with E-state index >= 15 is 0 Å². The first-order valence-corrected chi connectivity index (χ1v) is 8.13. The van der Waals surface area contributed by atoms with Crippen LogP contribution in [0.5, 0.6) is 17.2 Å². The summed E-state index contributed by atoms with van der Waals surface area (Å²) in [7, 11) is 2.76. The fourth-order valence-corrected chi connectivity index (χ4v) is 2.54. The van der Waals surface area contributed by atoms with E-state index in [4.69, 9.17) is 14.2 Å². The SMILES string of the molecule is COc1cc(CN[C@H](C(=O)O)c2ccccc2)cc(OC)c1OCC(F)F. The number of hydrogen-bond acceptors (Lipinski definition) is 5. The van der Waals surface area contributed by atoms with Crippen molar-refractivity contribution in [3.63, 3.8) is 0 Å². The van der Waals surface area contributed by atoms with Crippen LogP contribution in [-0.4, -0.2) is 38.3 Å². The van der Waals surface area contributed by atoms with Crippen molar-refractivity contribution in [1.29, 1.82) is 0 Å². The zero-order chi connectivity index (χ0) is 19.8. The van der Waals surface area contributed by atoms with Gasteiger partial charge in [-0.25, -0.2) is 8.78 Å². The summed E-state index contributed by atoms with van der Waals surface area (Å²) in [6.07, 6.45) is -2.64. The minimum Gasteiger partial charge on any atom is -0.493 e. The van der Waals surface area contributed by atoms with Crippen LogP contribution >= 0.6 is 0 Å². The first-order chi connectivity index (χ1) is 13.0. The van der Waals surface area contributed by atoms with Crippen LogP contribution in [0.1, 0.15) is 17.2 Å². The number of halogens is 2. The number of nitrogens with one attached hydrogen (secondary N) is 1. The van der Waals surface area contributed by atoms with Crippen molar-refractivity contribution in [1.82, 2.24) is 5.32 Å². The molecule has 0 amide bonds. The van der Waals surface area contributed by atoms with Gasteiger partial charge in [-0.3, -0.25) is 10.1 Å². The summed E-state index contributed by atoms with van der Waals surface area (Å²) in [5.41, 5.74) is 1.26. The van der Waals surface area contributed by atoms with Crippen molar-refractivity contribution in [2.75, 3.05) is 20.8 Å². The maximum atomic E-state index is 12.4. The van der Waals surface area contributed by atoms with E-state index in [0.717, 1.165) is 0 Å². The van der Waals surface area contributed by atoms with Gasteiger partial charge in [0.2, 0.25) is 5.75 Å². The van der Waals surface area contributed by atoms with Gasteiger partial charge in [0.25, 0.3) is 6.43 Å². The van der Waals surface area contributed by atoms with Crippen LogP contribution in [0.4, 0.5) is 8.78 Å². The van der Waals surface area contributed by atoms with Gasteiger partial charge in [-0.2, -0.15) is 0 Å². The van der Waals surface area contributed by atoms with Gasteiger partial charge in [-0.05, 0) is 23.3 Å². The zero-order valence-corrected chi connectivity index (χ0v) is 14.9. The van der Waals surface area contributed by atoms with Crippen molar-refractivity contribution >= 4 is 5.97 Å². The molecule has 0 aliphatic heterocycles. The highest BCUT2D eigenvalue weighted by Gasteiger charge is 2.20. The summed E-state index contributed by atoms with van der Waals surface area (Å²) in [5, 5.41) is 12.4. The molecule has 0 saturated carbocycles. The molecule has 0 fully saturated rings. The molecule has 27 heavy (non-hydrogen) atoms. The third-order valence-corrected chi connectivity index (χ3v) is 3.76. The van der Waals surface area contributed by atoms with Gasteiger partial charge in [-0.15, -0.1) is 0 Å². The second-order valence-electron chi connectivity index (χ2n) is 5.59. The molecule has 0 unspecified atom stereocenters. The molecule has 2 aromatic carbocycles. The minimum absolute atomic E-state index is 0.0712. The van der Waals surface area contributed by atoms with Crippen molar-refractivity contribution in [2.45, 2.75) is 19.0 Å². The molecule has 0 heterocycles. The maximum Gasteiger partial charge on any atom is 0.325 e. The van der Waals surface area contributed by atoms with E-state index in [2.05, 4.69) is 5.32 Å². The minimum atomic E-state index is -2.64. The van der Waals surface area contributed by atoms with Gasteiger partial charge in [0.05, 0.1) is 14.2 Å². The Balaban J connectivity index is 2.21. The molecule has 0 aromatic heterocycles. The molecular formula is C19H21F2NO5. The zero-order valence-electron chi connectivity index (χ0n) is 14.9. The molecule has 2 rings (SSSR count). The average molecular weight is 381 g/mol. The Hall–Kier alpha value is -2.87. The number of benzene rings is 2. The standard InChI is InChI=1S/C19H21F2NO5/c1-25-14-8-12(9-15(26-2)18(14)27-11-16(20)21)10-22-17(19(23)24)13-6-4-3-5-7-13/h3-9,16-17,22H,10-11H2,1-2H3,(H,23,24)/t17-/m0/s1. The van der Waals surface area contributed by atoms with E-state index in [1.165, 1.54) is 14.2 Å². The molecule has 0 aliphatic carbocycles. The van der Waals surface area contributed by atoms with Crippen LogP contribution in [0.25, 0.3) is 0 Å². The smallest absolute Gasteiger partial charge is 0.325 e. The fourth-order valence-electron chi connectivity index (χ4n) is 2.54. The van der Waals surface area contributed by atoms with Crippen LogP contribution in [-0.2, 0) is 11.3 Å². The Morgan fingerprint density at radius 1 is 1.11 bits per heavy atom. The van der Waals surface area contributed by atoms with Crippen molar-refractivity contribution in [2.24, 2.45) is 0 Å². The maximum absolute atomic E-state index is 12.4. The van der Waals surface area contributed by atoms with Crippen LogP contribution in [0.3, 0.4) is 0 Å². The topological polar surface area (TPSA) is 77.0 Å². The number of methoxy groups -OCH3 is 2. The summed E-state index contributed by atoms with van der Waals surface area (Å²) in [6.45, 7) is -0.604. The molecular weight excluding hydrogens is 360 g/mol. The molecule has 0 bridgehead atoms. The van der Waals surface area contributed by atoms with Gasteiger partial charge >= 0.3 is 5.97 Å². The summed E-state index contributed by atoms with van der Waals surface area (Å²) < 4.78 is 40.4. The number of carbonyl (C=O) groups is 1. The van der Waals surface area contributed by atoms with E-state index < -0.39 is 25.0 Å². The normalized spacial score (nSPS) is 11.9. The number of alkyl halides is 2. The van der Waals surface area contributed by atoms with Crippen molar-refractivity contribution in [3.8, 4) is 17.2 Å². The third kappa shape index (κ3) is 5.55. The number of ether oxygens (including phenoxy) is 3. The Labute approximate surface area is 155 Å². The highest BCUT2D eigenvalue weighted by atomic mass is 19.3. The highest BCUT2D eigenvalue weighted by Crippen LogP contribution is 2.39.